The first-order valence-electron chi connectivity index (χ1n) is 12.5. The molecule has 3 rings (SSSR count). The van der Waals surface area contributed by atoms with Gasteiger partial charge in [0.25, 0.3) is 0 Å². The number of allylic oxidation sites excluding steroid dienone is 7. The third-order valence-electron chi connectivity index (χ3n) is 6.67. The van der Waals surface area contributed by atoms with Gasteiger partial charge in [-0.2, -0.15) is 0 Å². The van der Waals surface area contributed by atoms with Crippen LogP contribution >= 0.6 is 0 Å². The van der Waals surface area contributed by atoms with Gasteiger partial charge >= 0.3 is 0 Å². The zero-order valence-electron chi connectivity index (χ0n) is 21.3. The Morgan fingerprint density at radius 3 is 2.56 bits per heavy atom. The van der Waals surface area contributed by atoms with E-state index in [4.69, 9.17) is 4.74 Å². The average molecular weight is 492 g/mol. The molecule has 0 aromatic heterocycles. The Hall–Kier alpha value is -3.22. The maximum Gasteiger partial charge on any atom is 0.247 e. The maximum atomic E-state index is 13.0. The van der Waals surface area contributed by atoms with Crippen LogP contribution in [0.3, 0.4) is 0 Å². The van der Waals surface area contributed by atoms with E-state index in [1.807, 2.05) is 67.6 Å². The van der Waals surface area contributed by atoms with Crippen LogP contribution in [0.15, 0.2) is 89.3 Å². The Kier molecular flexibility index (Phi) is 10.0. The average Bonchev–Trinajstić information content (AvgIpc) is 3.17. The Labute approximate surface area is 213 Å². The predicted octanol–water partition coefficient (Wildman–Crippen LogP) is 5.20. The summed E-state index contributed by atoms with van der Waals surface area (Å²) in [5.41, 5.74) is 2.81. The number of aliphatic hydroxyl groups is 2. The van der Waals surface area contributed by atoms with Gasteiger partial charge in [0.1, 0.15) is 11.9 Å². The molecule has 0 spiro atoms. The summed E-state index contributed by atoms with van der Waals surface area (Å²) in [5.74, 6) is -0.746. The molecule has 2 aliphatic rings. The van der Waals surface area contributed by atoms with Gasteiger partial charge in [-0.05, 0) is 45.1 Å². The molecule has 1 aromatic rings. The van der Waals surface area contributed by atoms with E-state index in [0.717, 1.165) is 11.1 Å². The number of methoxy groups -OCH3 is 1. The van der Waals surface area contributed by atoms with Gasteiger partial charge in [-0.15, -0.1) is 0 Å². The first-order valence-corrected chi connectivity index (χ1v) is 12.5. The number of benzene rings is 1. The van der Waals surface area contributed by atoms with Crippen LogP contribution in [0.1, 0.15) is 57.6 Å². The first-order chi connectivity index (χ1) is 17.3. The standard InChI is InChI=1S/C30H37NO5/c1-20-11-10-12-21(2)30(35)31-25(22-13-6-4-7-14-22)16-9-5-8-15-24(32)19-26(33)28-23(17-20)18-27(36-3)29(28)34/h4-7,9-14,17,23-25,27,32,34H,8,15-16,18-19H2,1-3H3,(H,31,35)/b9-5+,11-10+,20-17-,21-12-. The van der Waals surface area contributed by atoms with Crippen molar-refractivity contribution in [3.8, 4) is 0 Å². The topological polar surface area (TPSA) is 95.9 Å². The molecule has 0 fully saturated rings. The van der Waals surface area contributed by atoms with Crippen molar-refractivity contribution in [1.82, 2.24) is 5.32 Å². The molecule has 1 heterocycles. The maximum absolute atomic E-state index is 13.0. The van der Waals surface area contributed by atoms with Crippen LogP contribution in [0.5, 0.6) is 0 Å². The molecule has 1 aliphatic heterocycles. The van der Waals surface area contributed by atoms with Crippen molar-refractivity contribution < 1.29 is 24.5 Å². The van der Waals surface area contributed by atoms with E-state index in [-0.39, 0.29) is 35.8 Å². The summed E-state index contributed by atoms with van der Waals surface area (Å²) < 4.78 is 5.37. The Bertz CT molecular complexity index is 1080. The second kappa shape index (κ2) is 13.2. The summed E-state index contributed by atoms with van der Waals surface area (Å²) in [5, 5.41) is 24.3. The van der Waals surface area contributed by atoms with Gasteiger partial charge in [0.2, 0.25) is 5.91 Å². The molecule has 0 bridgehead atoms. The molecule has 192 valence electrons. The molecule has 0 radical (unpaired) electrons. The third-order valence-corrected chi connectivity index (χ3v) is 6.67. The Morgan fingerprint density at radius 1 is 1.08 bits per heavy atom. The molecule has 0 saturated carbocycles. The molecule has 1 amide bonds. The molecule has 1 aliphatic carbocycles. The van der Waals surface area contributed by atoms with Crippen molar-refractivity contribution in [3.05, 3.63) is 94.8 Å². The van der Waals surface area contributed by atoms with Crippen LogP contribution in [0.25, 0.3) is 0 Å². The number of Topliss-reactive ketones (excluding diaryl/α,β-unsaturated/α-hetero) is 1. The number of nitrogens with one attached hydrogen (secondary N) is 1. The van der Waals surface area contributed by atoms with E-state index in [1.165, 1.54) is 7.11 Å². The minimum absolute atomic E-state index is 0.0436. The highest BCUT2D eigenvalue weighted by Gasteiger charge is 2.36. The van der Waals surface area contributed by atoms with Crippen LogP contribution in [-0.4, -0.2) is 41.2 Å². The highest BCUT2D eigenvalue weighted by Crippen LogP contribution is 2.36. The van der Waals surface area contributed by atoms with Gasteiger partial charge in [-0.1, -0.05) is 72.4 Å². The molecule has 4 unspecified atom stereocenters. The van der Waals surface area contributed by atoms with E-state index in [9.17, 15) is 19.8 Å². The normalized spacial score (nSPS) is 31.6. The summed E-state index contributed by atoms with van der Waals surface area (Å²) in [6.45, 7) is 3.69. The van der Waals surface area contributed by atoms with Crippen LogP contribution in [0.4, 0.5) is 0 Å². The number of hydrogen-bond acceptors (Lipinski definition) is 5. The van der Waals surface area contributed by atoms with Crippen LogP contribution in [0.2, 0.25) is 0 Å². The zero-order valence-corrected chi connectivity index (χ0v) is 21.3. The van der Waals surface area contributed by atoms with Gasteiger partial charge in [0.05, 0.1) is 12.1 Å². The minimum atomic E-state index is -0.812. The first kappa shape index (κ1) is 27.4. The second-order valence-corrected chi connectivity index (χ2v) is 9.49. The van der Waals surface area contributed by atoms with Gasteiger partial charge in [0, 0.05) is 30.6 Å². The molecule has 1 aromatic carbocycles. The monoisotopic (exact) mass is 491 g/mol. The second-order valence-electron chi connectivity index (χ2n) is 9.49. The lowest BCUT2D eigenvalue weighted by Gasteiger charge is -2.18. The number of ether oxygens (including phenoxy) is 1. The summed E-state index contributed by atoms with van der Waals surface area (Å²) >= 11 is 0. The van der Waals surface area contributed by atoms with E-state index in [1.54, 1.807) is 13.0 Å². The highest BCUT2D eigenvalue weighted by atomic mass is 16.5. The van der Waals surface area contributed by atoms with Crippen molar-refractivity contribution in [1.29, 1.82) is 0 Å². The number of amides is 1. The van der Waals surface area contributed by atoms with E-state index in [0.29, 0.717) is 36.8 Å². The Morgan fingerprint density at radius 2 is 1.83 bits per heavy atom. The van der Waals surface area contributed by atoms with E-state index < -0.39 is 12.2 Å². The summed E-state index contributed by atoms with van der Waals surface area (Å²) in [4.78, 5) is 25.9. The SMILES string of the molecule is COC1CC2\C=C(C)/C=C/C=C(/C)C(=O)NC(c3ccccc3)C/C=C/CCC(O)CC(=O)C2=C1O. The van der Waals surface area contributed by atoms with Crippen LogP contribution in [-0.2, 0) is 14.3 Å². The fourth-order valence-corrected chi connectivity index (χ4v) is 4.63. The lowest BCUT2D eigenvalue weighted by Crippen LogP contribution is -2.28. The third kappa shape index (κ3) is 7.39. The quantitative estimate of drug-likeness (QED) is 0.494. The van der Waals surface area contributed by atoms with Crippen LogP contribution in [0, 0.1) is 5.92 Å². The minimum Gasteiger partial charge on any atom is -0.509 e. The van der Waals surface area contributed by atoms with E-state index >= 15 is 0 Å². The molecule has 0 saturated heterocycles. The molecule has 36 heavy (non-hydrogen) atoms. The Balaban J connectivity index is 1.88. The number of carbonyl (C=O) groups excluding carboxylic acids is 2. The predicted molar refractivity (Wildman–Crippen MR) is 141 cm³/mol. The summed E-state index contributed by atoms with van der Waals surface area (Å²) in [6.07, 6.45) is 12.0. The molecular formula is C30H37NO5. The zero-order chi connectivity index (χ0) is 26.1. The van der Waals surface area contributed by atoms with Gasteiger partial charge in [0.15, 0.2) is 5.78 Å². The van der Waals surface area contributed by atoms with Crippen molar-refractivity contribution >= 4 is 11.7 Å². The molecule has 6 heteroatoms. The van der Waals surface area contributed by atoms with Crippen molar-refractivity contribution in [2.45, 2.75) is 64.2 Å². The molecule has 4 atom stereocenters. The number of rotatable bonds is 2. The largest absolute Gasteiger partial charge is 0.509 e. The lowest BCUT2D eigenvalue weighted by molar-refractivity contribution is -0.118. The molecule has 6 nitrogen and oxygen atoms in total. The fraction of sp³-hybridized carbons (Fsp3) is 0.400. The smallest absolute Gasteiger partial charge is 0.247 e. The summed E-state index contributed by atoms with van der Waals surface area (Å²) in [7, 11) is 1.51. The van der Waals surface area contributed by atoms with Crippen molar-refractivity contribution in [2.75, 3.05) is 7.11 Å². The van der Waals surface area contributed by atoms with Crippen molar-refractivity contribution in [3.63, 3.8) is 0 Å². The van der Waals surface area contributed by atoms with E-state index in [2.05, 4.69) is 5.32 Å². The summed E-state index contributed by atoms with van der Waals surface area (Å²) in [6, 6.07) is 9.65. The van der Waals surface area contributed by atoms with Crippen LogP contribution < -0.4 is 5.32 Å². The van der Waals surface area contributed by atoms with Gasteiger partial charge < -0.3 is 20.3 Å². The fourth-order valence-electron chi connectivity index (χ4n) is 4.63. The lowest BCUT2D eigenvalue weighted by atomic mass is 9.92. The van der Waals surface area contributed by atoms with Crippen molar-refractivity contribution in [2.24, 2.45) is 5.92 Å². The highest BCUT2D eigenvalue weighted by molar-refractivity contribution is 5.97. The molecule has 3 N–H and O–H groups in total. The molecular weight excluding hydrogens is 454 g/mol. The number of aliphatic hydroxyl groups excluding tert-OH is 2. The van der Waals surface area contributed by atoms with Gasteiger partial charge in [-0.25, -0.2) is 0 Å². The number of ketones is 1. The van der Waals surface area contributed by atoms with Gasteiger partial charge in [-0.3, -0.25) is 9.59 Å². The number of fused-ring (bicyclic) bond motifs is 1. The number of hydrogen-bond donors (Lipinski definition) is 3. The number of carbonyl (C=O) groups is 2.